The van der Waals surface area contributed by atoms with Crippen LogP contribution in [0.25, 0.3) is 0 Å². The van der Waals surface area contributed by atoms with Crippen molar-refractivity contribution in [3.8, 4) is 0 Å². The first-order valence-electron chi connectivity index (χ1n) is 24.6. The molecule has 4 atom stereocenters. The zero-order valence-corrected chi connectivity index (χ0v) is 42.1. The molecule has 0 bridgehead atoms. The van der Waals surface area contributed by atoms with E-state index >= 15 is 0 Å². The fourth-order valence-corrected chi connectivity index (χ4v) is 9.93. The van der Waals surface area contributed by atoms with Gasteiger partial charge in [0.2, 0.25) is 0 Å². The smallest absolute Gasteiger partial charge is 0.153 e. The predicted molar refractivity (Wildman–Crippen MR) is 270 cm³/mol. The van der Waals surface area contributed by atoms with Crippen molar-refractivity contribution in [3.63, 3.8) is 0 Å². The Morgan fingerprint density at radius 2 is 0.806 bits per heavy atom. The molecule has 0 saturated heterocycles. The minimum atomic E-state index is -1.62. The van der Waals surface area contributed by atoms with Crippen molar-refractivity contribution < 1.29 is 26.3 Å². The van der Waals surface area contributed by atoms with Gasteiger partial charge in [-0.3, -0.25) is 13.2 Å². The van der Waals surface area contributed by atoms with Crippen LogP contribution in [-0.2, 0) is 33.7 Å². The molecule has 5 rings (SSSR count). The maximum absolute atomic E-state index is 14.7. The molecule has 0 radical (unpaired) electrons. The molecule has 67 heavy (non-hydrogen) atoms. The van der Waals surface area contributed by atoms with E-state index in [-0.39, 0.29) is 40.7 Å². The SMILES string of the molecule is CC(C)(F)c1ccc(CCC(CCC(C)(C)c2ccc(C(CCCF)CC(C)(C)c3ccc(C(F)CF)cc3)cc2)c2ccc(C(C)(C)CC(CF)c3ccc(C(C)(C)CF)cc3)cc2)cc1. The molecule has 0 aliphatic rings. The Balaban J connectivity index is 1.34. The van der Waals surface area contributed by atoms with E-state index in [0.29, 0.717) is 30.4 Å². The lowest BCUT2D eigenvalue weighted by molar-refractivity contribution is 0.221. The highest BCUT2D eigenvalue weighted by molar-refractivity contribution is 5.36. The largest absolute Gasteiger partial charge is 0.251 e. The van der Waals surface area contributed by atoms with Crippen LogP contribution < -0.4 is 0 Å². The van der Waals surface area contributed by atoms with Crippen molar-refractivity contribution in [2.45, 2.75) is 172 Å². The summed E-state index contributed by atoms with van der Waals surface area (Å²) >= 11 is 0. The number of hydrogen-bond donors (Lipinski definition) is 0. The topological polar surface area (TPSA) is 0 Å². The van der Waals surface area contributed by atoms with E-state index in [2.05, 4.69) is 102 Å². The molecule has 0 N–H and O–H groups in total. The summed E-state index contributed by atoms with van der Waals surface area (Å²) in [4.78, 5) is 0. The molecule has 6 heteroatoms. The zero-order valence-electron chi connectivity index (χ0n) is 42.1. The number of benzene rings is 5. The van der Waals surface area contributed by atoms with Crippen LogP contribution in [0.3, 0.4) is 0 Å². The summed E-state index contributed by atoms with van der Waals surface area (Å²) in [6.07, 6.45) is 4.65. The average Bonchev–Trinajstić information content (AvgIpc) is 3.31. The molecular weight excluding hydrogens is 847 g/mol. The second-order valence-corrected chi connectivity index (χ2v) is 22.5. The molecule has 0 spiro atoms. The van der Waals surface area contributed by atoms with Crippen molar-refractivity contribution in [1.82, 2.24) is 0 Å². The quantitative estimate of drug-likeness (QED) is 0.0512. The first kappa shape index (κ1) is 53.6. The molecular formula is C61H78F6. The standard InChI is InChI=1S/C61H78F6/c1-57(2,51-27-19-45(20-28-51)49(12-11-37-62)38-58(3,4)53-33-23-48(24-34-53)56(66)41-64)36-35-47(16-13-43-14-25-55(26-15-43)61(9,10)67)44-17-29-52(30-18-44)59(5,6)39-50(40-63)46-21-31-54(32-22-46)60(7,8)42-65/h14-15,17-34,47,49-50,56H,11-13,16,35-42H2,1-10H3. The zero-order chi connectivity index (χ0) is 49.2. The third-order valence-electron chi connectivity index (χ3n) is 14.9. The van der Waals surface area contributed by atoms with E-state index in [0.717, 1.165) is 54.4 Å². The Bertz CT molecular complexity index is 2230. The molecule has 4 unspecified atom stereocenters. The van der Waals surface area contributed by atoms with Gasteiger partial charge in [-0.25, -0.2) is 13.2 Å². The Hall–Kier alpha value is -4.32. The van der Waals surface area contributed by atoms with E-state index in [1.54, 1.807) is 26.0 Å². The van der Waals surface area contributed by atoms with E-state index in [1.165, 1.54) is 22.3 Å². The molecule has 5 aromatic carbocycles. The first-order chi connectivity index (χ1) is 31.5. The Morgan fingerprint density at radius 3 is 1.24 bits per heavy atom. The van der Waals surface area contributed by atoms with Gasteiger partial charge in [-0.2, -0.15) is 0 Å². The fraction of sp³-hybridized carbons (Fsp3) is 0.508. The van der Waals surface area contributed by atoms with Crippen LogP contribution in [0.1, 0.15) is 194 Å². The van der Waals surface area contributed by atoms with Crippen LogP contribution in [-0.4, -0.2) is 26.7 Å². The van der Waals surface area contributed by atoms with Crippen LogP contribution >= 0.6 is 0 Å². The van der Waals surface area contributed by atoms with Gasteiger partial charge in [-0.05, 0) is 149 Å². The van der Waals surface area contributed by atoms with Crippen LogP contribution in [0.2, 0.25) is 0 Å². The van der Waals surface area contributed by atoms with Gasteiger partial charge in [-0.15, -0.1) is 0 Å². The lowest BCUT2D eigenvalue weighted by atomic mass is 9.72. The monoisotopic (exact) mass is 925 g/mol. The van der Waals surface area contributed by atoms with Gasteiger partial charge in [0.05, 0.1) is 20.0 Å². The predicted octanol–water partition coefficient (Wildman–Crippen LogP) is 18.2. The molecule has 0 saturated carbocycles. The van der Waals surface area contributed by atoms with E-state index in [9.17, 15) is 26.3 Å². The molecule has 0 aliphatic carbocycles. The second kappa shape index (κ2) is 22.9. The Kier molecular flexibility index (Phi) is 18.3. The van der Waals surface area contributed by atoms with Gasteiger partial charge in [0.25, 0.3) is 0 Å². The van der Waals surface area contributed by atoms with Crippen molar-refractivity contribution >= 4 is 0 Å². The molecule has 0 heterocycles. The highest BCUT2D eigenvalue weighted by Gasteiger charge is 2.31. The normalized spacial score (nSPS) is 14.7. The second-order valence-electron chi connectivity index (χ2n) is 22.5. The van der Waals surface area contributed by atoms with E-state index in [4.69, 9.17) is 0 Å². The maximum atomic E-state index is 14.7. The third kappa shape index (κ3) is 14.4. The molecule has 0 nitrogen and oxygen atoms in total. The number of aryl methyl sites for hydroxylation is 1. The highest BCUT2D eigenvalue weighted by atomic mass is 19.2. The molecule has 0 fully saturated rings. The number of alkyl halides is 6. The van der Waals surface area contributed by atoms with Gasteiger partial charge in [0.15, 0.2) is 6.17 Å². The summed E-state index contributed by atoms with van der Waals surface area (Å²) in [5, 5.41) is 0. The molecule has 0 aromatic heterocycles. The molecule has 364 valence electrons. The summed E-state index contributed by atoms with van der Waals surface area (Å²) in [5.74, 6) is 0.0991. The first-order valence-corrected chi connectivity index (χ1v) is 24.6. The van der Waals surface area contributed by atoms with Gasteiger partial charge >= 0.3 is 0 Å². The number of halogens is 6. The van der Waals surface area contributed by atoms with Crippen LogP contribution in [0.15, 0.2) is 121 Å². The molecule has 5 aromatic rings. The Labute approximate surface area is 400 Å². The summed E-state index contributed by atoms with van der Waals surface area (Å²) in [5.41, 5.74) is 7.22. The van der Waals surface area contributed by atoms with Crippen molar-refractivity contribution in [1.29, 1.82) is 0 Å². The summed E-state index contributed by atoms with van der Waals surface area (Å²) in [6.45, 7) is 17.9. The lowest BCUT2D eigenvalue weighted by Gasteiger charge is -2.32. The van der Waals surface area contributed by atoms with Gasteiger partial charge < -0.3 is 0 Å². The minimum Gasteiger partial charge on any atom is -0.251 e. The average molecular weight is 925 g/mol. The number of rotatable bonds is 25. The molecule has 0 aliphatic heterocycles. The third-order valence-corrected chi connectivity index (χ3v) is 14.9. The number of hydrogen-bond acceptors (Lipinski definition) is 0. The van der Waals surface area contributed by atoms with E-state index < -0.39 is 37.3 Å². The van der Waals surface area contributed by atoms with Crippen molar-refractivity contribution in [2.75, 3.05) is 26.7 Å². The lowest BCUT2D eigenvalue weighted by Crippen LogP contribution is -2.23. The maximum Gasteiger partial charge on any atom is 0.153 e. The van der Waals surface area contributed by atoms with Crippen molar-refractivity contribution in [3.05, 3.63) is 177 Å². The fourth-order valence-electron chi connectivity index (χ4n) is 9.93. The van der Waals surface area contributed by atoms with Gasteiger partial charge in [0, 0.05) is 11.3 Å². The van der Waals surface area contributed by atoms with Crippen LogP contribution in [0.4, 0.5) is 26.3 Å². The van der Waals surface area contributed by atoms with Crippen LogP contribution in [0, 0.1) is 0 Å². The summed E-state index contributed by atoms with van der Waals surface area (Å²) in [7, 11) is 0. The van der Waals surface area contributed by atoms with Crippen LogP contribution in [0.5, 0.6) is 0 Å². The van der Waals surface area contributed by atoms with E-state index in [1.807, 2.05) is 62.4 Å². The summed E-state index contributed by atoms with van der Waals surface area (Å²) in [6, 6.07) is 40.7. The highest BCUT2D eigenvalue weighted by Crippen LogP contribution is 2.42. The summed E-state index contributed by atoms with van der Waals surface area (Å²) < 4.78 is 83.7. The Morgan fingerprint density at radius 1 is 0.403 bits per heavy atom. The van der Waals surface area contributed by atoms with Gasteiger partial charge in [-0.1, -0.05) is 177 Å². The van der Waals surface area contributed by atoms with Crippen molar-refractivity contribution in [2.24, 2.45) is 0 Å². The minimum absolute atomic E-state index is 0.125. The molecule has 0 amide bonds. The van der Waals surface area contributed by atoms with Gasteiger partial charge in [0.1, 0.15) is 12.3 Å².